The quantitative estimate of drug-likeness (QED) is 0.119. The number of anilines is 1. The van der Waals surface area contributed by atoms with Crippen LogP contribution in [0.4, 0.5) is 10.1 Å². The Morgan fingerprint density at radius 1 is 1.23 bits per heavy atom. The highest BCUT2D eigenvalue weighted by Gasteiger charge is 2.27. The highest BCUT2D eigenvalue weighted by Crippen LogP contribution is 2.42. The largest absolute Gasteiger partial charge is 0.379 e. The second kappa shape index (κ2) is 16.9. The Labute approximate surface area is 251 Å². The van der Waals surface area contributed by atoms with Crippen molar-refractivity contribution >= 4 is 47.0 Å². The predicted octanol–water partition coefficient (Wildman–Crippen LogP) is 8.32. The maximum absolute atomic E-state index is 15.5. The predicted molar refractivity (Wildman–Crippen MR) is 168 cm³/mol. The van der Waals surface area contributed by atoms with Crippen LogP contribution in [0, 0.1) is 5.82 Å². The molecule has 1 fully saturated rings. The lowest BCUT2D eigenvalue weighted by molar-refractivity contribution is -0.119. The maximum Gasteiger partial charge on any atom is 0.222 e. The number of thiazole rings is 1. The first-order chi connectivity index (χ1) is 19.2. The molecule has 1 aliphatic rings. The van der Waals surface area contributed by atoms with Gasteiger partial charge >= 0.3 is 0 Å². The molecule has 4 rings (SSSR count). The van der Waals surface area contributed by atoms with Crippen LogP contribution in [0.15, 0.2) is 30.5 Å². The number of carbonyl (C=O) groups is 1. The number of likely N-dealkylation sites (tertiary alicyclic amines) is 1. The van der Waals surface area contributed by atoms with Gasteiger partial charge in [-0.2, -0.15) is 0 Å². The van der Waals surface area contributed by atoms with Crippen LogP contribution in [0.5, 0.6) is 0 Å². The number of methoxy groups -OCH3 is 1. The van der Waals surface area contributed by atoms with E-state index in [1.165, 1.54) is 23.3 Å². The number of nitrogens with zero attached hydrogens (tertiary/aromatic N) is 4. The SMILES string of the molecule is CC.CCCSNc1cccc(-c2nc(C3CCN(C=O)CC3)sc2-c2ccnc(Cl)n2)c1F.COC(C)(C)C. The first kappa shape index (κ1) is 33.9. The van der Waals surface area contributed by atoms with Gasteiger partial charge in [-0.05, 0) is 69.8 Å². The Balaban J connectivity index is 0.000000622. The number of halogens is 2. The normalized spacial score (nSPS) is 13.6. The van der Waals surface area contributed by atoms with Crippen molar-refractivity contribution in [3.8, 4) is 21.8 Å². The Bertz CT molecular complexity index is 1200. The van der Waals surface area contributed by atoms with Crippen molar-refractivity contribution in [1.29, 1.82) is 0 Å². The number of ether oxygens (including phenoxy) is 1. The van der Waals surface area contributed by atoms with Crippen LogP contribution < -0.4 is 4.72 Å². The Hall–Kier alpha value is -2.27. The molecule has 3 heterocycles. The summed E-state index contributed by atoms with van der Waals surface area (Å²) in [5.41, 5.74) is 2.07. The number of carbonyl (C=O) groups excluding carboxylic acids is 1. The van der Waals surface area contributed by atoms with Gasteiger partial charge in [-0.25, -0.2) is 19.3 Å². The van der Waals surface area contributed by atoms with E-state index < -0.39 is 0 Å². The minimum atomic E-state index is -0.342. The molecule has 0 atom stereocenters. The molecule has 0 aliphatic carbocycles. The van der Waals surface area contributed by atoms with E-state index in [4.69, 9.17) is 21.3 Å². The molecule has 1 N–H and O–H groups in total. The molecule has 7 nitrogen and oxygen atoms in total. The summed E-state index contributed by atoms with van der Waals surface area (Å²) >= 11 is 9.03. The summed E-state index contributed by atoms with van der Waals surface area (Å²) in [5, 5.41) is 1.06. The van der Waals surface area contributed by atoms with Crippen molar-refractivity contribution < 1.29 is 13.9 Å². The van der Waals surface area contributed by atoms with Crippen molar-refractivity contribution in [3.63, 3.8) is 0 Å². The first-order valence-corrected chi connectivity index (χ1v) is 15.8. The van der Waals surface area contributed by atoms with E-state index in [1.54, 1.807) is 36.4 Å². The molecule has 2 aromatic heterocycles. The fourth-order valence-electron chi connectivity index (χ4n) is 3.61. The van der Waals surface area contributed by atoms with Gasteiger partial charge in [0.05, 0.1) is 32.6 Å². The van der Waals surface area contributed by atoms with Crippen molar-refractivity contribution in [3.05, 3.63) is 46.6 Å². The summed E-state index contributed by atoms with van der Waals surface area (Å²) in [6.07, 6.45) is 5.13. The van der Waals surface area contributed by atoms with Crippen LogP contribution in [0.1, 0.15) is 71.7 Å². The number of piperidine rings is 1. The van der Waals surface area contributed by atoms with E-state index in [9.17, 15) is 4.79 Å². The lowest BCUT2D eigenvalue weighted by Crippen LogP contribution is -2.31. The summed E-state index contributed by atoms with van der Waals surface area (Å²) in [6, 6.07) is 7.06. The van der Waals surface area contributed by atoms with Gasteiger partial charge < -0.3 is 14.4 Å². The fourth-order valence-corrected chi connectivity index (χ4v) is 5.59. The van der Waals surface area contributed by atoms with Gasteiger partial charge in [0.2, 0.25) is 11.7 Å². The summed E-state index contributed by atoms with van der Waals surface area (Å²) < 4.78 is 23.5. The van der Waals surface area contributed by atoms with Gasteiger partial charge in [-0.3, -0.25) is 4.79 Å². The van der Waals surface area contributed by atoms with Crippen molar-refractivity contribution in [2.75, 3.05) is 30.7 Å². The Morgan fingerprint density at radius 2 is 1.90 bits per heavy atom. The molecule has 40 heavy (non-hydrogen) atoms. The number of benzene rings is 1. The molecule has 1 saturated heterocycles. The standard InChI is InChI=1S/C22H23ClFN5OS2.C5H12O.C2H6/c1-2-12-31-28-16-5-3-4-15(18(16)24)19-20(17-6-9-25-22(23)26-17)32-21(27-19)14-7-10-29(13-30)11-8-14;1-5(2,3)6-4;1-2/h3-6,9,13-14,28H,2,7-8,10-12H2,1H3;1-4H3;1-2H3. The van der Waals surface area contributed by atoms with E-state index in [-0.39, 0.29) is 22.6 Å². The summed E-state index contributed by atoms with van der Waals surface area (Å²) in [4.78, 5) is 26.8. The van der Waals surface area contributed by atoms with Crippen molar-refractivity contribution in [1.82, 2.24) is 19.9 Å². The first-order valence-electron chi connectivity index (χ1n) is 13.6. The zero-order chi connectivity index (χ0) is 29.7. The second-order valence-corrected chi connectivity index (χ2v) is 12.1. The van der Waals surface area contributed by atoms with Crippen molar-refractivity contribution in [2.45, 2.75) is 72.3 Å². The molecule has 0 bridgehead atoms. The van der Waals surface area contributed by atoms with Gasteiger partial charge in [-0.15, -0.1) is 11.3 Å². The molecular weight excluding hydrogens is 569 g/mol. The number of rotatable bonds is 8. The van der Waals surface area contributed by atoms with Gasteiger partial charge in [0.15, 0.2) is 5.82 Å². The Morgan fingerprint density at radius 3 is 2.48 bits per heavy atom. The van der Waals surface area contributed by atoms with Gasteiger partial charge in [0, 0.05) is 43.6 Å². The zero-order valence-electron chi connectivity index (χ0n) is 24.5. The van der Waals surface area contributed by atoms with E-state index in [1.807, 2.05) is 40.7 Å². The monoisotopic (exact) mass is 609 g/mol. The van der Waals surface area contributed by atoms with Crippen molar-refractivity contribution in [2.24, 2.45) is 0 Å². The maximum atomic E-state index is 15.5. The molecule has 0 spiro atoms. The lowest BCUT2D eigenvalue weighted by atomic mass is 9.98. The zero-order valence-corrected chi connectivity index (χ0v) is 26.9. The molecule has 1 aromatic carbocycles. The van der Waals surface area contributed by atoms with Gasteiger partial charge in [-0.1, -0.05) is 38.8 Å². The molecular formula is C29H41ClFN5O2S2. The fraction of sp³-hybridized carbons (Fsp3) is 0.517. The van der Waals surface area contributed by atoms with Gasteiger partial charge in [0.25, 0.3) is 0 Å². The number of aromatic nitrogens is 3. The smallest absolute Gasteiger partial charge is 0.222 e. The summed E-state index contributed by atoms with van der Waals surface area (Å²) in [6.45, 7) is 13.5. The third-order valence-corrected chi connectivity index (χ3v) is 8.28. The number of hydrogen-bond donors (Lipinski definition) is 1. The van der Waals surface area contributed by atoms with Crippen LogP contribution in [-0.4, -0.2) is 57.8 Å². The number of hydrogen-bond acceptors (Lipinski definition) is 8. The van der Waals surface area contributed by atoms with E-state index in [2.05, 4.69) is 21.6 Å². The molecule has 11 heteroatoms. The van der Waals surface area contributed by atoms with Crippen LogP contribution in [0.25, 0.3) is 21.8 Å². The minimum Gasteiger partial charge on any atom is -0.379 e. The topological polar surface area (TPSA) is 80.2 Å². The minimum absolute atomic E-state index is 0.0417. The molecule has 0 saturated carbocycles. The molecule has 0 unspecified atom stereocenters. The lowest BCUT2D eigenvalue weighted by Gasteiger charge is -2.27. The molecule has 0 radical (unpaired) electrons. The highest BCUT2D eigenvalue weighted by atomic mass is 35.5. The third kappa shape index (κ3) is 9.98. The van der Waals surface area contributed by atoms with Gasteiger partial charge in [0.1, 0.15) is 0 Å². The third-order valence-electron chi connectivity index (χ3n) is 5.88. The highest BCUT2D eigenvalue weighted by molar-refractivity contribution is 8.00. The molecule has 1 amide bonds. The summed E-state index contributed by atoms with van der Waals surface area (Å²) in [5.74, 6) is 0.755. The average Bonchev–Trinajstić information content (AvgIpc) is 3.40. The van der Waals surface area contributed by atoms with E-state index >= 15 is 4.39 Å². The van der Waals surface area contributed by atoms with E-state index in [0.717, 1.165) is 41.3 Å². The molecule has 1 aliphatic heterocycles. The van der Waals surface area contributed by atoms with Crippen LogP contribution in [0.2, 0.25) is 5.28 Å². The van der Waals surface area contributed by atoms with Crippen LogP contribution in [-0.2, 0) is 9.53 Å². The molecule has 3 aromatic rings. The average molecular weight is 610 g/mol. The second-order valence-electron chi connectivity index (χ2n) is 9.79. The Kier molecular flexibility index (Phi) is 14.3. The number of amides is 1. The number of nitrogens with one attached hydrogen (secondary N) is 1. The summed E-state index contributed by atoms with van der Waals surface area (Å²) in [7, 11) is 1.71. The van der Waals surface area contributed by atoms with Crippen LogP contribution in [0.3, 0.4) is 0 Å². The van der Waals surface area contributed by atoms with E-state index in [0.29, 0.717) is 35.7 Å². The van der Waals surface area contributed by atoms with Crippen LogP contribution >= 0.6 is 34.9 Å². The molecule has 220 valence electrons.